The van der Waals surface area contributed by atoms with Gasteiger partial charge < -0.3 is 24.6 Å². The summed E-state index contributed by atoms with van der Waals surface area (Å²) in [6, 6.07) is 8.53. The quantitative estimate of drug-likeness (QED) is 0.130. The van der Waals surface area contributed by atoms with Crippen LogP contribution in [0.5, 0.6) is 11.5 Å². The van der Waals surface area contributed by atoms with Crippen LogP contribution < -0.4 is 10.5 Å². The standard InChI is InChI=1S/C14H21ClNO4P.C6H4ClNO3/c1-3-19-21(17,20-4-2)10-6-5-9-18-14-11-12(16)7-8-13(14)15;7-5-2-1-4(8(10)11)3-6(5)9/h5-8,11H,3-4,9-10,16H2,1-2H3;1-3,9H/b6-5+;. The van der Waals surface area contributed by atoms with Crippen LogP contribution in [-0.4, -0.2) is 36.0 Å². The first kappa shape index (κ1) is 27.7. The van der Waals surface area contributed by atoms with E-state index in [1.165, 1.54) is 12.1 Å². The molecule has 0 saturated heterocycles. The molecule has 2 rings (SSSR count). The van der Waals surface area contributed by atoms with Gasteiger partial charge in [0.05, 0.1) is 40.4 Å². The number of nitrogens with zero attached hydrogens (tertiary/aromatic N) is 1. The van der Waals surface area contributed by atoms with Gasteiger partial charge in [0, 0.05) is 17.8 Å². The Morgan fingerprint density at radius 2 is 1.72 bits per heavy atom. The Morgan fingerprint density at radius 1 is 1.09 bits per heavy atom. The summed E-state index contributed by atoms with van der Waals surface area (Å²) in [4.78, 5) is 9.51. The molecule has 9 nitrogen and oxygen atoms in total. The number of anilines is 1. The fourth-order valence-corrected chi connectivity index (χ4v) is 3.96. The Bertz CT molecular complexity index is 963. The number of phenols is 1. The summed E-state index contributed by atoms with van der Waals surface area (Å²) in [5.74, 6) is 0.236. The van der Waals surface area contributed by atoms with Crippen molar-refractivity contribution in [3.63, 3.8) is 0 Å². The molecule has 0 atom stereocenters. The maximum absolute atomic E-state index is 12.2. The van der Waals surface area contributed by atoms with Crippen molar-refractivity contribution < 1.29 is 28.4 Å². The van der Waals surface area contributed by atoms with Crippen LogP contribution in [0.2, 0.25) is 10.0 Å². The number of rotatable bonds is 10. The normalized spacial score (nSPS) is 11.1. The molecule has 3 N–H and O–H groups in total. The summed E-state index contributed by atoms with van der Waals surface area (Å²) in [5.41, 5.74) is 6.06. The molecule has 0 aliphatic carbocycles. The highest BCUT2D eigenvalue weighted by Crippen LogP contribution is 2.47. The third-order valence-electron chi connectivity index (χ3n) is 3.58. The van der Waals surface area contributed by atoms with Crippen LogP contribution in [0.1, 0.15) is 13.8 Å². The average molecular weight is 507 g/mol. The predicted molar refractivity (Wildman–Crippen MR) is 126 cm³/mol. The average Bonchev–Trinajstić information content (AvgIpc) is 2.73. The molecule has 0 saturated carbocycles. The molecule has 176 valence electrons. The number of nitrogens with two attached hydrogens (primary N) is 1. The number of phenolic OH excluding ortho intramolecular Hbond substituents is 1. The van der Waals surface area contributed by atoms with Crippen LogP contribution >= 0.6 is 30.8 Å². The van der Waals surface area contributed by atoms with Crippen molar-refractivity contribution >= 4 is 42.2 Å². The first-order valence-electron chi connectivity index (χ1n) is 9.45. The predicted octanol–water partition coefficient (Wildman–Crippen LogP) is 6.08. The number of non-ortho nitro benzene ring substituents is 1. The Hall–Kier alpha value is -2.29. The second kappa shape index (κ2) is 14.0. The molecular formula is C20H25Cl2N2O7P. The van der Waals surface area contributed by atoms with E-state index in [4.69, 9.17) is 47.8 Å². The topological polar surface area (TPSA) is 134 Å². The van der Waals surface area contributed by atoms with Crippen molar-refractivity contribution in [3.05, 3.63) is 68.7 Å². The van der Waals surface area contributed by atoms with E-state index in [9.17, 15) is 14.7 Å². The fraction of sp³-hybridized carbons (Fsp3) is 0.300. The number of nitro groups is 1. The first-order valence-corrected chi connectivity index (χ1v) is 11.9. The first-order chi connectivity index (χ1) is 15.1. The van der Waals surface area contributed by atoms with E-state index < -0.39 is 12.5 Å². The molecule has 0 heterocycles. The third-order valence-corrected chi connectivity index (χ3v) is 6.17. The lowest BCUT2D eigenvalue weighted by Gasteiger charge is -2.14. The molecule has 0 aromatic heterocycles. The number of benzene rings is 2. The van der Waals surface area contributed by atoms with Gasteiger partial charge in [0.1, 0.15) is 18.1 Å². The van der Waals surface area contributed by atoms with E-state index in [2.05, 4.69) is 0 Å². The van der Waals surface area contributed by atoms with Gasteiger partial charge in [-0.2, -0.15) is 0 Å². The molecule has 2 aromatic rings. The molecule has 0 spiro atoms. The van der Waals surface area contributed by atoms with Gasteiger partial charge in [0.2, 0.25) is 0 Å². The SMILES string of the molecule is CCOP(=O)(C/C=C/COc1cc(N)ccc1Cl)OCC.O=[N+]([O-])c1ccc(Cl)c(O)c1. The van der Waals surface area contributed by atoms with Crippen molar-refractivity contribution in [1.82, 2.24) is 0 Å². The molecule has 0 bridgehead atoms. The van der Waals surface area contributed by atoms with Crippen LogP contribution in [0.3, 0.4) is 0 Å². The van der Waals surface area contributed by atoms with Crippen LogP contribution in [0.15, 0.2) is 48.6 Å². The number of halogens is 2. The monoisotopic (exact) mass is 506 g/mol. The lowest BCUT2D eigenvalue weighted by Crippen LogP contribution is -1.99. The molecule has 0 amide bonds. The Kier molecular flexibility index (Phi) is 12.1. The minimum absolute atomic E-state index is 0.107. The Balaban J connectivity index is 0.000000389. The Labute approximate surface area is 196 Å². The number of hydrogen-bond acceptors (Lipinski definition) is 8. The second-order valence-corrected chi connectivity index (χ2v) is 8.91. The van der Waals surface area contributed by atoms with Crippen molar-refractivity contribution in [2.45, 2.75) is 13.8 Å². The summed E-state index contributed by atoms with van der Waals surface area (Å²) in [6.45, 7) is 4.54. The van der Waals surface area contributed by atoms with E-state index in [1.807, 2.05) is 0 Å². The number of hydrogen-bond donors (Lipinski definition) is 2. The maximum atomic E-state index is 12.2. The van der Waals surface area contributed by atoms with Crippen molar-refractivity contribution in [2.24, 2.45) is 0 Å². The zero-order valence-corrected chi connectivity index (χ0v) is 20.0. The summed E-state index contributed by atoms with van der Waals surface area (Å²) >= 11 is 11.4. The molecule has 0 radical (unpaired) electrons. The lowest BCUT2D eigenvalue weighted by molar-refractivity contribution is -0.384. The lowest BCUT2D eigenvalue weighted by atomic mass is 10.3. The fourth-order valence-electron chi connectivity index (χ4n) is 2.19. The smallest absolute Gasteiger partial charge is 0.334 e. The number of nitro benzene ring substituents is 1. The molecule has 12 heteroatoms. The van der Waals surface area contributed by atoms with Crippen LogP contribution in [0.4, 0.5) is 11.4 Å². The summed E-state index contributed by atoms with van der Waals surface area (Å²) in [5, 5.41) is 19.6. The van der Waals surface area contributed by atoms with E-state index in [1.54, 1.807) is 44.2 Å². The molecule has 0 aliphatic rings. The van der Waals surface area contributed by atoms with Crippen molar-refractivity contribution in [1.29, 1.82) is 0 Å². The van der Waals surface area contributed by atoms with Crippen LogP contribution in [0, 0.1) is 10.1 Å². The molecular weight excluding hydrogens is 482 g/mol. The van der Waals surface area contributed by atoms with Crippen LogP contribution in [0.25, 0.3) is 0 Å². The van der Waals surface area contributed by atoms with Gasteiger partial charge >= 0.3 is 7.60 Å². The van der Waals surface area contributed by atoms with E-state index >= 15 is 0 Å². The third kappa shape index (κ3) is 9.89. The zero-order chi connectivity index (χ0) is 24.1. The van der Waals surface area contributed by atoms with Gasteiger partial charge in [0.25, 0.3) is 5.69 Å². The zero-order valence-electron chi connectivity index (χ0n) is 17.6. The van der Waals surface area contributed by atoms with Crippen molar-refractivity contribution in [2.75, 3.05) is 31.7 Å². The number of nitrogen functional groups attached to an aromatic ring is 1. The number of allylic oxidation sites excluding steroid dienone is 1. The molecule has 0 fully saturated rings. The van der Waals surface area contributed by atoms with Gasteiger partial charge in [-0.05, 0) is 32.0 Å². The van der Waals surface area contributed by atoms with Gasteiger partial charge in [0.15, 0.2) is 0 Å². The highest BCUT2D eigenvalue weighted by Gasteiger charge is 2.20. The minimum Gasteiger partial charge on any atom is -0.506 e. The van der Waals surface area contributed by atoms with Gasteiger partial charge in [-0.15, -0.1) is 0 Å². The molecule has 0 aliphatic heterocycles. The number of ether oxygens (including phenoxy) is 1. The Morgan fingerprint density at radius 3 is 2.28 bits per heavy atom. The van der Waals surface area contributed by atoms with Gasteiger partial charge in [-0.1, -0.05) is 35.4 Å². The minimum atomic E-state index is -3.04. The van der Waals surface area contributed by atoms with E-state index in [-0.39, 0.29) is 22.6 Å². The summed E-state index contributed by atoms with van der Waals surface area (Å²) < 4.78 is 28.0. The van der Waals surface area contributed by atoms with Crippen molar-refractivity contribution in [3.8, 4) is 11.5 Å². The largest absolute Gasteiger partial charge is 0.506 e. The molecule has 32 heavy (non-hydrogen) atoms. The highest BCUT2D eigenvalue weighted by molar-refractivity contribution is 7.54. The second-order valence-electron chi connectivity index (χ2n) is 5.99. The summed E-state index contributed by atoms with van der Waals surface area (Å²) in [7, 11) is -3.04. The number of aromatic hydroxyl groups is 1. The van der Waals surface area contributed by atoms with E-state index in [0.29, 0.717) is 36.3 Å². The molecule has 2 aromatic carbocycles. The highest BCUT2D eigenvalue weighted by atomic mass is 35.5. The molecule has 0 unspecified atom stereocenters. The van der Waals surface area contributed by atoms with Gasteiger partial charge in [-0.3, -0.25) is 14.7 Å². The maximum Gasteiger partial charge on any atom is 0.334 e. The van der Waals surface area contributed by atoms with Gasteiger partial charge in [-0.25, -0.2) is 0 Å². The van der Waals surface area contributed by atoms with E-state index in [0.717, 1.165) is 6.07 Å². The van der Waals surface area contributed by atoms with Crippen LogP contribution in [-0.2, 0) is 13.6 Å². The summed E-state index contributed by atoms with van der Waals surface area (Å²) in [6.07, 6.45) is 3.67.